The lowest BCUT2D eigenvalue weighted by Gasteiger charge is -2.33. The normalized spacial score (nSPS) is 19.8. The minimum absolute atomic E-state index is 0. The molecule has 27 heavy (non-hydrogen) atoms. The molecule has 1 unspecified atom stereocenters. The van der Waals surface area contributed by atoms with Gasteiger partial charge in [-0.1, -0.05) is 24.3 Å². The molecule has 1 fully saturated rings. The molecule has 3 rings (SSSR count). The van der Waals surface area contributed by atoms with Crippen LogP contribution in [0.5, 0.6) is 0 Å². The van der Waals surface area contributed by atoms with Gasteiger partial charge in [0.1, 0.15) is 0 Å². The Hall–Kier alpha value is -0.900. The van der Waals surface area contributed by atoms with Crippen LogP contribution in [0.1, 0.15) is 24.5 Å². The molecule has 7 heteroatoms. The lowest BCUT2D eigenvalue weighted by molar-refractivity contribution is 0.0376. The standard InChI is InChI=1S/C20H33N5O.HI/c1-17(25-10-7-18-5-2-3-6-19(18)16-25)15-23-20(21)22-8-4-9-24-11-13-26-14-12-24;/h2-3,5-6,17H,4,7-16H2,1H3,(H3,21,22,23);1H. The van der Waals surface area contributed by atoms with Gasteiger partial charge >= 0.3 is 0 Å². The maximum atomic E-state index is 6.03. The third-order valence-corrected chi connectivity index (χ3v) is 5.37. The zero-order chi connectivity index (χ0) is 18.2. The van der Waals surface area contributed by atoms with Crippen molar-refractivity contribution in [3.05, 3.63) is 35.4 Å². The van der Waals surface area contributed by atoms with Crippen LogP contribution in [0, 0.1) is 0 Å². The molecule has 6 nitrogen and oxygen atoms in total. The third kappa shape index (κ3) is 7.21. The van der Waals surface area contributed by atoms with Crippen molar-refractivity contribution < 1.29 is 4.74 Å². The summed E-state index contributed by atoms with van der Waals surface area (Å²) in [5.74, 6) is 0.566. The van der Waals surface area contributed by atoms with E-state index in [1.807, 2.05) is 0 Å². The summed E-state index contributed by atoms with van der Waals surface area (Å²) in [4.78, 5) is 9.48. The van der Waals surface area contributed by atoms with Gasteiger partial charge in [-0.15, -0.1) is 24.0 Å². The molecule has 0 saturated carbocycles. The van der Waals surface area contributed by atoms with Gasteiger partial charge in [-0.2, -0.15) is 0 Å². The number of benzene rings is 1. The number of aliphatic imine (C=N–C) groups is 1. The molecular weight excluding hydrogens is 453 g/mol. The number of fused-ring (bicyclic) bond motifs is 1. The van der Waals surface area contributed by atoms with Gasteiger partial charge in [0.15, 0.2) is 5.96 Å². The first-order valence-electron chi connectivity index (χ1n) is 9.87. The van der Waals surface area contributed by atoms with E-state index < -0.39 is 0 Å². The van der Waals surface area contributed by atoms with Gasteiger partial charge in [0.25, 0.3) is 0 Å². The smallest absolute Gasteiger partial charge is 0.188 e. The van der Waals surface area contributed by atoms with Crippen LogP contribution < -0.4 is 11.1 Å². The molecule has 0 spiro atoms. The minimum atomic E-state index is 0. The van der Waals surface area contributed by atoms with E-state index in [1.54, 1.807) is 0 Å². The topological polar surface area (TPSA) is 66.1 Å². The number of nitrogens with two attached hydrogens (primary N) is 1. The van der Waals surface area contributed by atoms with Gasteiger partial charge in [0.05, 0.1) is 19.8 Å². The van der Waals surface area contributed by atoms with E-state index in [1.165, 1.54) is 11.1 Å². The zero-order valence-electron chi connectivity index (χ0n) is 16.4. The highest BCUT2D eigenvalue weighted by Gasteiger charge is 2.20. The Bertz CT molecular complexity index is 591. The van der Waals surface area contributed by atoms with E-state index in [2.05, 4.69) is 51.3 Å². The van der Waals surface area contributed by atoms with E-state index in [9.17, 15) is 0 Å². The Kier molecular flexibility index (Phi) is 9.81. The molecule has 0 amide bonds. The molecule has 2 heterocycles. The summed E-state index contributed by atoms with van der Waals surface area (Å²) in [6.45, 7) is 10.9. The summed E-state index contributed by atoms with van der Waals surface area (Å²) in [6.07, 6.45) is 2.20. The van der Waals surface area contributed by atoms with Gasteiger partial charge in [0.2, 0.25) is 0 Å². The van der Waals surface area contributed by atoms with Crippen molar-refractivity contribution in [2.45, 2.75) is 32.4 Å². The Balaban J connectivity index is 0.00000261. The highest BCUT2D eigenvalue weighted by atomic mass is 127. The molecular formula is C20H34IN5O. The quantitative estimate of drug-likeness (QED) is 0.265. The number of nitrogens with zero attached hydrogens (tertiary/aromatic N) is 3. The number of hydrogen-bond donors (Lipinski definition) is 2. The number of nitrogens with one attached hydrogen (secondary N) is 1. The average Bonchev–Trinajstić information content (AvgIpc) is 2.70. The summed E-state index contributed by atoms with van der Waals surface area (Å²) >= 11 is 0. The van der Waals surface area contributed by atoms with E-state index in [-0.39, 0.29) is 24.0 Å². The SMILES string of the molecule is CC(CN=C(N)NCCCN1CCOCC1)N1CCc2ccccc2C1.I. The molecule has 0 radical (unpaired) electrons. The van der Waals surface area contributed by atoms with Crippen molar-refractivity contribution in [2.75, 3.05) is 52.5 Å². The summed E-state index contributed by atoms with van der Waals surface area (Å²) < 4.78 is 5.37. The highest BCUT2D eigenvalue weighted by molar-refractivity contribution is 14.0. The molecule has 152 valence electrons. The van der Waals surface area contributed by atoms with Crippen LogP contribution >= 0.6 is 24.0 Å². The van der Waals surface area contributed by atoms with Crippen LogP contribution in [-0.4, -0.2) is 74.3 Å². The summed E-state index contributed by atoms with van der Waals surface area (Å²) in [5.41, 5.74) is 8.97. The van der Waals surface area contributed by atoms with Gasteiger partial charge in [-0.3, -0.25) is 14.8 Å². The minimum Gasteiger partial charge on any atom is -0.379 e. The van der Waals surface area contributed by atoms with Crippen LogP contribution in [0.2, 0.25) is 0 Å². The lowest BCUT2D eigenvalue weighted by atomic mass is 9.99. The number of ether oxygens (including phenoxy) is 1. The first-order valence-corrected chi connectivity index (χ1v) is 9.87. The second-order valence-electron chi connectivity index (χ2n) is 7.30. The Morgan fingerprint density at radius 3 is 2.74 bits per heavy atom. The monoisotopic (exact) mass is 487 g/mol. The number of morpholine rings is 1. The molecule has 2 aliphatic rings. The molecule has 2 aliphatic heterocycles. The maximum absolute atomic E-state index is 6.03. The van der Waals surface area contributed by atoms with E-state index in [0.29, 0.717) is 12.0 Å². The predicted molar refractivity (Wildman–Crippen MR) is 122 cm³/mol. The Morgan fingerprint density at radius 1 is 1.22 bits per heavy atom. The molecule has 0 bridgehead atoms. The lowest BCUT2D eigenvalue weighted by Crippen LogP contribution is -2.41. The first kappa shape index (κ1) is 22.4. The Morgan fingerprint density at radius 2 is 1.96 bits per heavy atom. The van der Waals surface area contributed by atoms with Crippen molar-refractivity contribution in [2.24, 2.45) is 10.7 Å². The number of halogens is 1. The first-order chi connectivity index (χ1) is 12.7. The fourth-order valence-corrected chi connectivity index (χ4v) is 3.64. The molecule has 3 N–H and O–H groups in total. The zero-order valence-corrected chi connectivity index (χ0v) is 18.7. The molecule has 0 aliphatic carbocycles. The highest BCUT2D eigenvalue weighted by Crippen LogP contribution is 2.20. The van der Waals surface area contributed by atoms with Gasteiger partial charge in [0, 0.05) is 38.8 Å². The average molecular weight is 487 g/mol. The largest absolute Gasteiger partial charge is 0.379 e. The summed E-state index contributed by atoms with van der Waals surface area (Å²) in [7, 11) is 0. The molecule has 0 aromatic heterocycles. The number of guanidine groups is 1. The second-order valence-corrected chi connectivity index (χ2v) is 7.30. The Labute approximate surface area is 180 Å². The molecule has 1 aromatic rings. The maximum Gasteiger partial charge on any atom is 0.188 e. The van der Waals surface area contributed by atoms with Crippen LogP contribution in [0.15, 0.2) is 29.3 Å². The van der Waals surface area contributed by atoms with Crippen LogP contribution in [0.3, 0.4) is 0 Å². The number of rotatable bonds is 7. The van der Waals surface area contributed by atoms with Crippen molar-refractivity contribution in [3.63, 3.8) is 0 Å². The van der Waals surface area contributed by atoms with Crippen molar-refractivity contribution in [1.82, 2.24) is 15.1 Å². The van der Waals surface area contributed by atoms with Gasteiger partial charge < -0.3 is 15.8 Å². The molecule has 1 atom stereocenters. The summed E-state index contributed by atoms with van der Waals surface area (Å²) in [6, 6.07) is 9.14. The fraction of sp³-hybridized carbons (Fsp3) is 0.650. The predicted octanol–water partition coefficient (Wildman–Crippen LogP) is 1.68. The molecule has 1 aromatic carbocycles. The number of hydrogen-bond acceptors (Lipinski definition) is 4. The van der Waals surface area contributed by atoms with Crippen LogP contribution in [0.25, 0.3) is 0 Å². The van der Waals surface area contributed by atoms with Crippen molar-refractivity contribution in [1.29, 1.82) is 0 Å². The third-order valence-electron chi connectivity index (χ3n) is 5.37. The van der Waals surface area contributed by atoms with Crippen molar-refractivity contribution >= 4 is 29.9 Å². The second kappa shape index (κ2) is 11.8. The molecule has 1 saturated heterocycles. The fourth-order valence-electron chi connectivity index (χ4n) is 3.64. The van der Waals surface area contributed by atoms with Crippen LogP contribution in [-0.2, 0) is 17.7 Å². The van der Waals surface area contributed by atoms with Gasteiger partial charge in [-0.25, -0.2) is 0 Å². The van der Waals surface area contributed by atoms with E-state index >= 15 is 0 Å². The van der Waals surface area contributed by atoms with E-state index in [0.717, 1.165) is 71.9 Å². The van der Waals surface area contributed by atoms with Gasteiger partial charge in [-0.05, 0) is 37.4 Å². The summed E-state index contributed by atoms with van der Waals surface area (Å²) in [5, 5.41) is 3.25. The van der Waals surface area contributed by atoms with Crippen molar-refractivity contribution in [3.8, 4) is 0 Å². The van der Waals surface area contributed by atoms with E-state index in [4.69, 9.17) is 10.5 Å². The van der Waals surface area contributed by atoms with Crippen LogP contribution in [0.4, 0.5) is 0 Å².